The molecule has 2 aromatic heterocycles. The molecule has 21 heavy (non-hydrogen) atoms. The highest BCUT2D eigenvalue weighted by Crippen LogP contribution is 2.25. The van der Waals surface area contributed by atoms with Crippen molar-refractivity contribution in [2.24, 2.45) is 0 Å². The van der Waals surface area contributed by atoms with E-state index in [-0.39, 0.29) is 17.2 Å². The first-order valence-corrected chi connectivity index (χ1v) is 7.06. The highest BCUT2D eigenvalue weighted by Gasteiger charge is 2.26. The van der Waals surface area contributed by atoms with E-state index >= 15 is 0 Å². The zero-order chi connectivity index (χ0) is 15.6. The van der Waals surface area contributed by atoms with Crippen LogP contribution >= 0.6 is 11.3 Å². The number of aryl methyl sites for hydroxylation is 1. The van der Waals surface area contributed by atoms with Crippen LogP contribution in [0.15, 0.2) is 24.5 Å². The number of carboxylic acid groups (broad SMARTS) is 1. The van der Waals surface area contributed by atoms with Crippen LogP contribution in [0.1, 0.15) is 44.6 Å². The summed E-state index contributed by atoms with van der Waals surface area (Å²) in [6.45, 7) is 5.64. The highest BCUT2D eigenvalue weighted by atomic mass is 32.1. The first-order valence-electron chi connectivity index (χ1n) is 6.24. The Morgan fingerprint density at radius 3 is 2.62 bits per heavy atom. The highest BCUT2D eigenvalue weighted by molar-refractivity contribution is 7.11. The Hall–Kier alpha value is -2.28. The van der Waals surface area contributed by atoms with Crippen molar-refractivity contribution in [3.63, 3.8) is 0 Å². The lowest BCUT2D eigenvalue weighted by Gasteiger charge is -2.23. The molecule has 0 fully saturated rings. The van der Waals surface area contributed by atoms with Crippen molar-refractivity contribution in [1.82, 2.24) is 15.3 Å². The molecule has 0 aliphatic heterocycles. The molecule has 0 atom stereocenters. The first kappa shape index (κ1) is 15.1. The van der Waals surface area contributed by atoms with Gasteiger partial charge in [0.1, 0.15) is 10.7 Å². The summed E-state index contributed by atoms with van der Waals surface area (Å²) in [4.78, 5) is 32.2. The molecule has 0 aliphatic rings. The maximum atomic E-state index is 12.3. The molecule has 2 rings (SSSR count). The van der Waals surface area contributed by atoms with E-state index in [1.807, 2.05) is 20.8 Å². The van der Waals surface area contributed by atoms with Crippen molar-refractivity contribution < 1.29 is 14.7 Å². The summed E-state index contributed by atoms with van der Waals surface area (Å²) < 4.78 is 0. The smallest absolute Gasteiger partial charge is 0.354 e. The standard InChI is InChI=1S/C14H15N3O3S/c1-8-7-16-13(21-8)14(2,3)17-11(18)9-4-5-15-10(6-9)12(19)20/h4-7H,1-3H3,(H,17,18)(H,19,20). The van der Waals surface area contributed by atoms with Gasteiger partial charge in [-0.05, 0) is 32.9 Å². The van der Waals surface area contributed by atoms with Crippen LogP contribution in [0.5, 0.6) is 0 Å². The largest absolute Gasteiger partial charge is 0.477 e. The molecule has 0 saturated carbocycles. The van der Waals surface area contributed by atoms with E-state index in [0.29, 0.717) is 0 Å². The van der Waals surface area contributed by atoms with Gasteiger partial charge in [0.2, 0.25) is 0 Å². The van der Waals surface area contributed by atoms with Gasteiger partial charge < -0.3 is 10.4 Å². The van der Waals surface area contributed by atoms with Crippen molar-refractivity contribution in [1.29, 1.82) is 0 Å². The second-order valence-electron chi connectivity index (χ2n) is 5.09. The van der Waals surface area contributed by atoms with Crippen molar-refractivity contribution in [2.75, 3.05) is 0 Å². The number of amides is 1. The summed E-state index contributed by atoms with van der Waals surface area (Å²) in [5, 5.41) is 12.6. The van der Waals surface area contributed by atoms with Crippen LogP contribution < -0.4 is 5.32 Å². The van der Waals surface area contributed by atoms with E-state index in [9.17, 15) is 9.59 Å². The van der Waals surface area contributed by atoms with Gasteiger partial charge in [-0.1, -0.05) is 0 Å². The van der Waals surface area contributed by atoms with E-state index in [4.69, 9.17) is 5.11 Å². The topological polar surface area (TPSA) is 92.2 Å². The summed E-state index contributed by atoms with van der Waals surface area (Å²) >= 11 is 1.51. The predicted molar refractivity (Wildman–Crippen MR) is 78.5 cm³/mol. The number of aromatic carboxylic acids is 1. The number of aromatic nitrogens is 2. The van der Waals surface area contributed by atoms with E-state index in [0.717, 1.165) is 9.88 Å². The Balaban J connectivity index is 2.21. The summed E-state index contributed by atoms with van der Waals surface area (Å²) in [5.74, 6) is -1.53. The molecule has 2 aromatic rings. The Kier molecular flexibility index (Phi) is 4.04. The Bertz CT molecular complexity index is 694. The van der Waals surface area contributed by atoms with Gasteiger partial charge in [0.05, 0.1) is 5.54 Å². The lowest BCUT2D eigenvalue weighted by atomic mass is 10.1. The lowest BCUT2D eigenvalue weighted by molar-refractivity contribution is 0.0690. The molecule has 1 amide bonds. The molecule has 0 saturated heterocycles. The molecule has 2 heterocycles. The third-order valence-corrected chi connectivity index (χ3v) is 4.06. The summed E-state index contributed by atoms with van der Waals surface area (Å²) in [5.41, 5.74) is -0.544. The van der Waals surface area contributed by atoms with Gasteiger partial charge >= 0.3 is 5.97 Å². The minimum atomic E-state index is -1.17. The first-order chi connectivity index (χ1) is 9.79. The minimum absolute atomic E-state index is 0.162. The van der Waals surface area contributed by atoms with Crippen molar-refractivity contribution in [3.05, 3.63) is 45.7 Å². The molecule has 0 bridgehead atoms. The van der Waals surface area contributed by atoms with Gasteiger partial charge in [0.15, 0.2) is 0 Å². The normalized spacial score (nSPS) is 11.2. The fourth-order valence-corrected chi connectivity index (χ4v) is 2.56. The van der Waals surface area contributed by atoms with Crippen molar-refractivity contribution >= 4 is 23.2 Å². The Morgan fingerprint density at radius 1 is 1.33 bits per heavy atom. The average molecular weight is 305 g/mol. The maximum Gasteiger partial charge on any atom is 0.354 e. The summed E-state index contributed by atoms with van der Waals surface area (Å²) in [7, 11) is 0. The van der Waals surface area contributed by atoms with Gasteiger partial charge in [-0.3, -0.25) is 4.79 Å². The molecule has 0 aliphatic carbocycles. The molecule has 0 aromatic carbocycles. The minimum Gasteiger partial charge on any atom is -0.477 e. The van der Waals surface area contributed by atoms with Crippen LogP contribution in [-0.2, 0) is 5.54 Å². The third-order valence-electron chi connectivity index (χ3n) is 2.82. The van der Waals surface area contributed by atoms with Crippen LogP contribution in [-0.4, -0.2) is 27.0 Å². The average Bonchev–Trinajstić information content (AvgIpc) is 2.86. The van der Waals surface area contributed by atoms with Gasteiger partial charge in [-0.15, -0.1) is 11.3 Å². The maximum absolute atomic E-state index is 12.3. The number of carboxylic acids is 1. The van der Waals surface area contributed by atoms with Gasteiger partial charge in [-0.25, -0.2) is 14.8 Å². The number of rotatable bonds is 4. The van der Waals surface area contributed by atoms with Gasteiger partial charge in [0, 0.05) is 22.8 Å². The lowest BCUT2D eigenvalue weighted by Crippen LogP contribution is -2.41. The van der Waals surface area contributed by atoms with Crippen LogP contribution in [0.2, 0.25) is 0 Å². The molecular weight excluding hydrogens is 290 g/mol. The zero-order valence-electron chi connectivity index (χ0n) is 11.9. The SMILES string of the molecule is Cc1cnc(C(C)(C)NC(=O)c2ccnc(C(=O)O)c2)s1. The number of nitrogens with one attached hydrogen (secondary N) is 1. The molecule has 6 nitrogen and oxygen atoms in total. The molecule has 110 valence electrons. The quantitative estimate of drug-likeness (QED) is 0.903. The van der Waals surface area contributed by atoms with Crippen LogP contribution in [0.4, 0.5) is 0 Å². The number of thiazole rings is 1. The Morgan fingerprint density at radius 2 is 2.05 bits per heavy atom. The van der Waals surface area contributed by atoms with E-state index in [1.54, 1.807) is 6.20 Å². The molecule has 0 spiro atoms. The fourth-order valence-electron chi connectivity index (χ4n) is 1.74. The number of hydrogen-bond donors (Lipinski definition) is 2. The number of nitrogens with zero attached hydrogens (tertiary/aromatic N) is 2. The van der Waals surface area contributed by atoms with Gasteiger partial charge in [0.25, 0.3) is 5.91 Å². The van der Waals surface area contributed by atoms with Crippen molar-refractivity contribution in [2.45, 2.75) is 26.3 Å². The number of carbonyl (C=O) groups is 2. The summed E-state index contributed by atoms with van der Waals surface area (Å²) in [6.07, 6.45) is 3.06. The fraction of sp³-hybridized carbons (Fsp3) is 0.286. The third kappa shape index (κ3) is 3.43. The Labute approximate surface area is 125 Å². The summed E-state index contributed by atoms with van der Waals surface area (Å²) in [6, 6.07) is 2.73. The molecule has 7 heteroatoms. The number of hydrogen-bond acceptors (Lipinski definition) is 5. The number of carbonyl (C=O) groups excluding carboxylic acids is 1. The van der Waals surface area contributed by atoms with E-state index in [1.165, 1.54) is 29.7 Å². The molecule has 2 N–H and O–H groups in total. The van der Waals surface area contributed by atoms with Crippen LogP contribution in [0.3, 0.4) is 0 Å². The second-order valence-corrected chi connectivity index (χ2v) is 6.32. The zero-order valence-corrected chi connectivity index (χ0v) is 12.7. The van der Waals surface area contributed by atoms with E-state index in [2.05, 4.69) is 15.3 Å². The van der Waals surface area contributed by atoms with Crippen LogP contribution in [0, 0.1) is 6.92 Å². The molecule has 0 radical (unpaired) electrons. The van der Waals surface area contributed by atoms with Crippen LogP contribution in [0.25, 0.3) is 0 Å². The second kappa shape index (κ2) is 5.61. The van der Waals surface area contributed by atoms with E-state index < -0.39 is 11.5 Å². The van der Waals surface area contributed by atoms with Gasteiger partial charge in [-0.2, -0.15) is 0 Å². The predicted octanol–water partition coefficient (Wildman–Crippen LogP) is 2.21. The molecule has 0 unspecified atom stereocenters. The van der Waals surface area contributed by atoms with Crippen molar-refractivity contribution in [3.8, 4) is 0 Å². The monoisotopic (exact) mass is 305 g/mol. The molecular formula is C14H15N3O3S. The number of pyridine rings is 1.